The molecular weight excluding hydrogens is 348 g/mol. The van der Waals surface area contributed by atoms with Gasteiger partial charge in [-0.3, -0.25) is 9.59 Å². The van der Waals surface area contributed by atoms with Crippen LogP contribution in [0.5, 0.6) is 0 Å². The van der Waals surface area contributed by atoms with E-state index in [-0.39, 0.29) is 17.7 Å². The Kier molecular flexibility index (Phi) is 6.50. The summed E-state index contributed by atoms with van der Waals surface area (Å²) in [6, 6.07) is 16.1. The molecule has 148 valence electrons. The zero-order chi connectivity index (χ0) is 20.1. The first-order chi connectivity index (χ1) is 13.4. The summed E-state index contributed by atoms with van der Waals surface area (Å²) in [6.07, 6.45) is 2.28. The Morgan fingerprint density at radius 1 is 1.07 bits per heavy atom. The lowest BCUT2D eigenvalue weighted by molar-refractivity contribution is -0.121. The number of hydrogen-bond acceptors (Lipinski definition) is 2. The van der Waals surface area contributed by atoms with E-state index >= 15 is 0 Å². The molecule has 1 fully saturated rings. The van der Waals surface area contributed by atoms with E-state index < -0.39 is 0 Å². The van der Waals surface area contributed by atoms with Crippen LogP contribution in [0.25, 0.3) is 0 Å². The average Bonchev–Trinajstić information content (AvgIpc) is 3.51. The molecule has 0 radical (unpaired) electrons. The number of nitrogens with one attached hydrogen (secondary N) is 1. The molecule has 3 rings (SSSR count). The highest BCUT2D eigenvalue weighted by Gasteiger charge is 2.34. The van der Waals surface area contributed by atoms with E-state index in [1.165, 1.54) is 5.56 Å². The first-order valence-corrected chi connectivity index (χ1v) is 10.1. The van der Waals surface area contributed by atoms with Gasteiger partial charge in [0.15, 0.2) is 0 Å². The Morgan fingerprint density at radius 3 is 2.43 bits per heavy atom. The van der Waals surface area contributed by atoms with Crippen molar-refractivity contribution in [3.8, 4) is 0 Å². The van der Waals surface area contributed by atoms with E-state index in [0.29, 0.717) is 25.4 Å². The number of carbonyl (C=O) groups is 2. The molecule has 4 heteroatoms. The van der Waals surface area contributed by atoms with Gasteiger partial charge in [0.05, 0.1) is 13.0 Å². The molecule has 2 aromatic rings. The lowest BCUT2D eigenvalue weighted by Crippen LogP contribution is -2.32. The normalized spacial score (nSPS) is 13.4. The molecular formula is C24H30N2O2. The second-order valence-corrected chi connectivity index (χ2v) is 8.23. The smallest absolute Gasteiger partial charge is 0.230 e. The molecule has 0 bridgehead atoms. The fourth-order valence-corrected chi connectivity index (χ4v) is 3.12. The number of aryl methyl sites for hydroxylation is 1. The molecule has 2 amide bonds. The topological polar surface area (TPSA) is 49.4 Å². The fraction of sp³-hybridized carbons (Fsp3) is 0.417. The van der Waals surface area contributed by atoms with Crippen LogP contribution in [0.4, 0.5) is 5.69 Å². The molecule has 28 heavy (non-hydrogen) atoms. The Hall–Kier alpha value is -2.62. The van der Waals surface area contributed by atoms with Gasteiger partial charge in [0.2, 0.25) is 11.8 Å². The van der Waals surface area contributed by atoms with Gasteiger partial charge in [-0.1, -0.05) is 55.8 Å². The van der Waals surface area contributed by atoms with Crippen molar-refractivity contribution in [2.24, 2.45) is 11.8 Å². The van der Waals surface area contributed by atoms with Crippen LogP contribution in [-0.4, -0.2) is 18.4 Å². The first kappa shape index (κ1) is 20.1. The molecule has 0 spiro atoms. The van der Waals surface area contributed by atoms with Crippen LogP contribution >= 0.6 is 0 Å². The van der Waals surface area contributed by atoms with Crippen molar-refractivity contribution in [1.29, 1.82) is 0 Å². The molecule has 0 aliphatic heterocycles. The average molecular weight is 379 g/mol. The molecule has 1 saturated carbocycles. The van der Waals surface area contributed by atoms with Gasteiger partial charge in [0.1, 0.15) is 0 Å². The summed E-state index contributed by atoms with van der Waals surface area (Å²) in [4.78, 5) is 27.0. The molecule has 2 aromatic carbocycles. The number of hydrogen-bond donors (Lipinski definition) is 1. The van der Waals surface area contributed by atoms with E-state index in [1.807, 2.05) is 29.2 Å². The van der Waals surface area contributed by atoms with Crippen LogP contribution in [0.1, 0.15) is 43.4 Å². The van der Waals surface area contributed by atoms with Crippen molar-refractivity contribution in [2.75, 3.05) is 11.4 Å². The third-order valence-electron chi connectivity index (χ3n) is 4.95. The number of nitrogens with zero attached hydrogens (tertiary/aromatic N) is 1. The van der Waals surface area contributed by atoms with E-state index in [9.17, 15) is 9.59 Å². The third-order valence-corrected chi connectivity index (χ3v) is 4.95. The monoisotopic (exact) mass is 378 g/mol. The summed E-state index contributed by atoms with van der Waals surface area (Å²) < 4.78 is 0. The summed E-state index contributed by atoms with van der Waals surface area (Å²) in [5.41, 5.74) is 4.11. The maximum Gasteiger partial charge on any atom is 0.230 e. The first-order valence-electron chi connectivity index (χ1n) is 10.1. The summed E-state index contributed by atoms with van der Waals surface area (Å²) >= 11 is 0. The molecule has 0 aromatic heterocycles. The van der Waals surface area contributed by atoms with Gasteiger partial charge in [-0.2, -0.15) is 0 Å². The molecule has 0 heterocycles. The van der Waals surface area contributed by atoms with Crippen LogP contribution in [-0.2, 0) is 22.6 Å². The SMILES string of the molecule is Cc1ccc(CN(C(=O)C2CC2)c2cccc(CC(=O)NCC(C)C)c2)cc1. The molecule has 0 unspecified atom stereocenters. The second-order valence-electron chi connectivity index (χ2n) is 8.23. The van der Waals surface area contributed by atoms with Gasteiger partial charge in [-0.15, -0.1) is 0 Å². The van der Waals surface area contributed by atoms with Crippen molar-refractivity contribution in [3.05, 3.63) is 65.2 Å². The van der Waals surface area contributed by atoms with Gasteiger partial charge < -0.3 is 10.2 Å². The Bertz CT molecular complexity index is 823. The number of carbonyl (C=O) groups excluding carboxylic acids is 2. The Morgan fingerprint density at radius 2 is 1.79 bits per heavy atom. The summed E-state index contributed by atoms with van der Waals surface area (Å²) in [6.45, 7) is 7.45. The third kappa shape index (κ3) is 5.69. The summed E-state index contributed by atoms with van der Waals surface area (Å²) in [5.74, 6) is 0.770. The predicted molar refractivity (Wildman–Crippen MR) is 113 cm³/mol. The minimum atomic E-state index is 0.0180. The van der Waals surface area contributed by atoms with Gasteiger partial charge in [-0.25, -0.2) is 0 Å². The minimum Gasteiger partial charge on any atom is -0.356 e. The largest absolute Gasteiger partial charge is 0.356 e. The van der Waals surface area contributed by atoms with Crippen molar-refractivity contribution in [1.82, 2.24) is 5.32 Å². The molecule has 1 N–H and O–H groups in total. The molecule has 0 saturated heterocycles. The summed E-state index contributed by atoms with van der Waals surface area (Å²) in [5, 5.41) is 2.96. The Labute approximate surface area is 167 Å². The van der Waals surface area contributed by atoms with Gasteiger partial charge in [0.25, 0.3) is 0 Å². The van der Waals surface area contributed by atoms with E-state index in [0.717, 1.165) is 29.7 Å². The number of rotatable bonds is 8. The van der Waals surface area contributed by atoms with Crippen molar-refractivity contribution in [3.63, 3.8) is 0 Å². The van der Waals surface area contributed by atoms with E-state index in [1.54, 1.807) is 0 Å². The van der Waals surface area contributed by atoms with Gasteiger partial charge in [-0.05, 0) is 48.9 Å². The second kappa shape index (κ2) is 9.05. The molecule has 1 aliphatic rings. The van der Waals surface area contributed by atoms with Crippen molar-refractivity contribution in [2.45, 2.75) is 46.6 Å². The molecule has 1 aliphatic carbocycles. The van der Waals surface area contributed by atoms with Crippen LogP contribution in [0, 0.1) is 18.8 Å². The van der Waals surface area contributed by atoms with E-state index in [4.69, 9.17) is 0 Å². The van der Waals surface area contributed by atoms with Crippen molar-refractivity contribution >= 4 is 17.5 Å². The minimum absolute atomic E-state index is 0.0180. The van der Waals surface area contributed by atoms with Crippen LogP contribution in [0.3, 0.4) is 0 Å². The Balaban J connectivity index is 1.76. The quantitative estimate of drug-likeness (QED) is 0.746. The zero-order valence-electron chi connectivity index (χ0n) is 17.1. The highest BCUT2D eigenvalue weighted by atomic mass is 16.2. The highest BCUT2D eigenvalue weighted by molar-refractivity contribution is 5.96. The van der Waals surface area contributed by atoms with Gasteiger partial charge >= 0.3 is 0 Å². The lowest BCUT2D eigenvalue weighted by atomic mass is 10.1. The fourth-order valence-electron chi connectivity index (χ4n) is 3.12. The van der Waals surface area contributed by atoms with Crippen LogP contribution < -0.4 is 10.2 Å². The maximum atomic E-state index is 12.9. The lowest BCUT2D eigenvalue weighted by Gasteiger charge is -2.24. The van der Waals surface area contributed by atoms with Crippen molar-refractivity contribution < 1.29 is 9.59 Å². The molecule has 4 nitrogen and oxygen atoms in total. The standard InChI is InChI=1S/C24H30N2O2/c1-17(2)15-25-23(27)14-20-5-4-6-22(13-20)26(24(28)21-11-12-21)16-19-9-7-18(3)8-10-19/h4-10,13,17,21H,11-12,14-16H2,1-3H3,(H,25,27). The summed E-state index contributed by atoms with van der Waals surface area (Å²) in [7, 11) is 0. The zero-order valence-corrected chi connectivity index (χ0v) is 17.1. The highest BCUT2D eigenvalue weighted by Crippen LogP contribution is 2.33. The van der Waals surface area contributed by atoms with E-state index in [2.05, 4.69) is 50.4 Å². The number of amides is 2. The maximum absolute atomic E-state index is 12.9. The number of benzene rings is 2. The van der Waals surface area contributed by atoms with Crippen LogP contribution in [0.15, 0.2) is 48.5 Å². The molecule has 0 atom stereocenters. The van der Waals surface area contributed by atoms with Crippen LogP contribution in [0.2, 0.25) is 0 Å². The van der Waals surface area contributed by atoms with Gasteiger partial charge in [0, 0.05) is 18.2 Å². The number of anilines is 1. The predicted octanol–water partition coefficient (Wildman–Crippen LogP) is 4.25.